The first-order valence-corrected chi connectivity index (χ1v) is 4.95. The SMILES string of the molecule is COc1ccc(C)c2ccc(C(F)(F)F)nc12. The van der Waals surface area contributed by atoms with Crippen molar-refractivity contribution in [3.63, 3.8) is 0 Å². The van der Waals surface area contributed by atoms with Crippen LogP contribution in [0, 0.1) is 6.92 Å². The van der Waals surface area contributed by atoms with Crippen LogP contribution in [0.4, 0.5) is 13.2 Å². The monoisotopic (exact) mass is 241 g/mol. The Bertz CT molecular complexity index is 563. The molecule has 1 heterocycles. The summed E-state index contributed by atoms with van der Waals surface area (Å²) in [5.41, 5.74) is 0.193. The molecule has 0 fully saturated rings. The van der Waals surface area contributed by atoms with E-state index in [1.807, 2.05) is 6.92 Å². The molecule has 0 aliphatic carbocycles. The number of ether oxygens (including phenoxy) is 1. The summed E-state index contributed by atoms with van der Waals surface area (Å²) in [5.74, 6) is 0.344. The molecular formula is C12H10F3NO. The summed E-state index contributed by atoms with van der Waals surface area (Å²) in [6, 6.07) is 5.80. The van der Waals surface area contributed by atoms with Gasteiger partial charge in [-0.3, -0.25) is 0 Å². The zero-order valence-corrected chi connectivity index (χ0v) is 9.30. The van der Waals surface area contributed by atoms with E-state index in [2.05, 4.69) is 4.98 Å². The van der Waals surface area contributed by atoms with Gasteiger partial charge >= 0.3 is 6.18 Å². The van der Waals surface area contributed by atoms with E-state index in [0.29, 0.717) is 11.1 Å². The van der Waals surface area contributed by atoms with Crippen molar-refractivity contribution in [2.24, 2.45) is 0 Å². The standard InChI is InChI=1S/C12H10F3NO/c1-7-3-5-9(17-2)11-8(7)4-6-10(16-11)12(13,14)15/h3-6H,1-2H3. The van der Waals surface area contributed by atoms with Crippen LogP contribution in [-0.4, -0.2) is 12.1 Å². The molecule has 1 aromatic carbocycles. The lowest BCUT2D eigenvalue weighted by Gasteiger charge is -2.10. The van der Waals surface area contributed by atoms with Gasteiger partial charge in [0.1, 0.15) is 17.0 Å². The van der Waals surface area contributed by atoms with Crippen molar-refractivity contribution < 1.29 is 17.9 Å². The van der Waals surface area contributed by atoms with Crippen LogP contribution in [-0.2, 0) is 6.18 Å². The van der Waals surface area contributed by atoms with E-state index in [4.69, 9.17) is 4.74 Å². The summed E-state index contributed by atoms with van der Waals surface area (Å²) in [4.78, 5) is 3.63. The minimum absolute atomic E-state index is 0.238. The smallest absolute Gasteiger partial charge is 0.433 e. The summed E-state index contributed by atoms with van der Waals surface area (Å²) in [5, 5.41) is 0.664. The largest absolute Gasteiger partial charge is 0.494 e. The van der Waals surface area contributed by atoms with Gasteiger partial charge in [0.05, 0.1) is 7.11 Å². The third-order valence-corrected chi connectivity index (χ3v) is 2.55. The number of hydrogen-bond acceptors (Lipinski definition) is 2. The van der Waals surface area contributed by atoms with Crippen LogP contribution >= 0.6 is 0 Å². The lowest BCUT2D eigenvalue weighted by atomic mass is 10.1. The molecule has 17 heavy (non-hydrogen) atoms. The maximum atomic E-state index is 12.5. The molecular weight excluding hydrogens is 231 g/mol. The van der Waals surface area contributed by atoms with E-state index in [1.54, 1.807) is 12.1 Å². The van der Waals surface area contributed by atoms with E-state index in [0.717, 1.165) is 11.6 Å². The van der Waals surface area contributed by atoms with Gasteiger partial charge in [0.25, 0.3) is 0 Å². The Hall–Kier alpha value is -1.78. The minimum Gasteiger partial charge on any atom is -0.494 e. The summed E-state index contributed by atoms with van der Waals surface area (Å²) in [6.07, 6.45) is -4.44. The topological polar surface area (TPSA) is 22.1 Å². The van der Waals surface area contributed by atoms with Crippen molar-refractivity contribution in [3.8, 4) is 5.75 Å². The van der Waals surface area contributed by atoms with Crippen LogP contribution in [0.25, 0.3) is 10.9 Å². The molecule has 2 aromatic rings. The molecule has 0 aliphatic heterocycles. The van der Waals surface area contributed by atoms with Gasteiger partial charge in [0.15, 0.2) is 0 Å². The molecule has 0 saturated carbocycles. The first-order chi connectivity index (χ1) is 7.93. The zero-order valence-electron chi connectivity index (χ0n) is 9.30. The maximum Gasteiger partial charge on any atom is 0.433 e. The Morgan fingerprint density at radius 3 is 2.41 bits per heavy atom. The lowest BCUT2D eigenvalue weighted by Crippen LogP contribution is -2.08. The number of aryl methyl sites for hydroxylation is 1. The fourth-order valence-electron chi connectivity index (χ4n) is 1.66. The zero-order chi connectivity index (χ0) is 12.6. The van der Waals surface area contributed by atoms with Crippen LogP contribution in [0.1, 0.15) is 11.3 Å². The average Bonchev–Trinajstić information content (AvgIpc) is 2.28. The minimum atomic E-state index is -4.44. The van der Waals surface area contributed by atoms with Gasteiger partial charge in [-0.2, -0.15) is 13.2 Å². The van der Waals surface area contributed by atoms with Crippen LogP contribution < -0.4 is 4.74 Å². The summed E-state index contributed by atoms with van der Waals surface area (Å²) >= 11 is 0. The normalized spacial score (nSPS) is 11.8. The number of benzene rings is 1. The number of pyridine rings is 1. The van der Waals surface area contributed by atoms with Crippen molar-refractivity contribution in [2.75, 3.05) is 7.11 Å². The molecule has 0 unspecified atom stereocenters. The first kappa shape index (κ1) is 11.7. The maximum absolute atomic E-state index is 12.5. The van der Waals surface area contributed by atoms with Gasteiger partial charge in [0.2, 0.25) is 0 Å². The molecule has 0 N–H and O–H groups in total. The highest BCUT2D eigenvalue weighted by Gasteiger charge is 2.32. The third kappa shape index (κ3) is 2.05. The summed E-state index contributed by atoms with van der Waals surface area (Å²) < 4.78 is 42.7. The highest BCUT2D eigenvalue weighted by Crippen LogP contribution is 2.32. The quantitative estimate of drug-likeness (QED) is 0.761. The Labute approximate surface area is 96.0 Å². The number of aromatic nitrogens is 1. The average molecular weight is 241 g/mol. The second-order valence-electron chi connectivity index (χ2n) is 3.68. The van der Waals surface area contributed by atoms with Crippen molar-refractivity contribution in [1.29, 1.82) is 0 Å². The Morgan fingerprint density at radius 1 is 1.12 bits per heavy atom. The number of nitrogens with zero attached hydrogens (tertiary/aromatic N) is 1. The Kier molecular flexibility index (Phi) is 2.69. The predicted octanol–water partition coefficient (Wildman–Crippen LogP) is 3.57. The summed E-state index contributed by atoms with van der Waals surface area (Å²) in [7, 11) is 1.41. The Balaban J connectivity index is 2.75. The lowest BCUT2D eigenvalue weighted by molar-refractivity contribution is -0.140. The fraction of sp³-hybridized carbons (Fsp3) is 0.250. The van der Waals surface area contributed by atoms with Crippen molar-refractivity contribution in [1.82, 2.24) is 4.98 Å². The highest BCUT2D eigenvalue weighted by atomic mass is 19.4. The molecule has 2 rings (SSSR count). The number of fused-ring (bicyclic) bond motifs is 1. The van der Waals surface area contributed by atoms with E-state index >= 15 is 0 Å². The van der Waals surface area contributed by atoms with Gasteiger partial charge < -0.3 is 4.74 Å². The van der Waals surface area contributed by atoms with Crippen LogP contribution in [0.5, 0.6) is 5.75 Å². The number of methoxy groups -OCH3 is 1. The third-order valence-electron chi connectivity index (χ3n) is 2.55. The van der Waals surface area contributed by atoms with E-state index in [-0.39, 0.29) is 5.52 Å². The molecule has 90 valence electrons. The van der Waals surface area contributed by atoms with Crippen LogP contribution in [0.3, 0.4) is 0 Å². The second-order valence-corrected chi connectivity index (χ2v) is 3.68. The number of alkyl halides is 3. The molecule has 0 radical (unpaired) electrons. The molecule has 0 spiro atoms. The molecule has 0 aliphatic rings. The van der Waals surface area contributed by atoms with Crippen LogP contribution in [0.15, 0.2) is 24.3 Å². The molecule has 0 amide bonds. The number of halogens is 3. The Morgan fingerprint density at radius 2 is 1.82 bits per heavy atom. The van der Waals surface area contributed by atoms with Gasteiger partial charge in [-0.15, -0.1) is 0 Å². The molecule has 1 aromatic heterocycles. The molecule has 0 saturated heterocycles. The fourth-order valence-corrected chi connectivity index (χ4v) is 1.66. The van der Waals surface area contributed by atoms with Crippen molar-refractivity contribution in [3.05, 3.63) is 35.5 Å². The molecule has 5 heteroatoms. The van der Waals surface area contributed by atoms with E-state index < -0.39 is 11.9 Å². The van der Waals surface area contributed by atoms with Crippen molar-refractivity contribution >= 4 is 10.9 Å². The van der Waals surface area contributed by atoms with E-state index in [9.17, 15) is 13.2 Å². The van der Waals surface area contributed by atoms with Gasteiger partial charge in [0, 0.05) is 5.39 Å². The first-order valence-electron chi connectivity index (χ1n) is 4.95. The number of hydrogen-bond donors (Lipinski definition) is 0. The number of rotatable bonds is 1. The molecule has 2 nitrogen and oxygen atoms in total. The molecule has 0 atom stereocenters. The van der Waals surface area contributed by atoms with Gasteiger partial charge in [-0.25, -0.2) is 4.98 Å². The van der Waals surface area contributed by atoms with Gasteiger partial charge in [-0.1, -0.05) is 12.1 Å². The van der Waals surface area contributed by atoms with E-state index in [1.165, 1.54) is 13.2 Å². The van der Waals surface area contributed by atoms with Crippen molar-refractivity contribution in [2.45, 2.75) is 13.1 Å². The highest BCUT2D eigenvalue weighted by molar-refractivity contribution is 5.87. The second kappa shape index (κ2) is 3.91. The molecule has 0 bridgehead atoms. The summed E-state index contributed by atoms with van der Waals surface area (Å²) in [6.45, 7) is 1.82. The van der Waals surface area contributed by atoms with Gasteiger partial charge in [-0.05, 0) is 24.6 Å². The predicted molar refractivity (Wildman–Crippen MR) is 58.0 cm³/mol. The van der Waals surface area contributed by atoms with Crippen LogP contribution in [0.2, 0.25) is 0 Å².